The summed E-state index contributed by atoms with van der Waals surface area (Å²) in [6.07, 6.45) is 15.5. The van der Waals surface area contributed by atoms with Crippen LogP contribution < -0.4 is 0 Å². The first-order valence-electron chi connectivity index (χ1n) is 19.8. The fourth-order valence-corrected chi connectivity index (χ4v) is 7.81. The van der Waals surface area contributed by atoms with Gasteiger partial charge in [0, 0.05) is 16.7 Å². The predicted octanol–water partition coefficient (Wildman–Crippen LogP) is 14.1. The van der Waals surface area contributed by atoms with Gasteiger partial charge in [0.1, 0.15) is 0 Å². The molecule has 0 N–H and O–H groups in total. The van der Waals surface area contributed by atoms with Gasteiger partial charge in [0.2, 0.25) is 0 Å². The molecule has 2 heteroatoms. The number of benzene rings is 6. The molecule has 274 valence electrons. The Kier molecular flexibility index (Phi) is 10.6. The summed E-state index contributed by atoms with van der Waals surface area (Å²) in [5, 5.41) is 0. The van der Waals surface area contributed by atoms with Crippen molar-refractivity contribution in [2.24, 2.45) is 9.98 Å². The zero-order valence-corrected chi connectivity index (χ0v) is 32.7. The molecule has 0 atom stereocenters. The predicted molar refractivity (Wildman–Crippen MR) is 240 cm³/mol. The number of rotatable bonds is 9. The molecule has 0 amide bonds. The molecule has 8 rings (SSSR count). The Labute approximate surface area is 332 Å². The molecule has 0 fully saturated rings. The number of hydrogen-bond acceptors (Lipinski definition) is 1. The lowest BCUT2D eigenvalue weighted by atomic mass is 9.77. The van der Waals surface area contributed by atoms with E-state index in [4.69, 9.17) is 9.98 Å². The van der Waals surface area contributed by atoms with E-state index >= 15 is 0 Å². The Morgan fingerprint density at radius 2 is 1.16 bits per heavy atom. The third-order valence-corrected chi connectivity index (χ3v) is 11.3. The van der Waals surface area contributed by atoms with Gasteiger partial charge >= 0.3 is 0 Å². The molecule has 0 saturated heterocycles. The molecule has 0 saturated carbocycles. The molecular weight excluding hydrogens is 677 g/mol. The fourth-order valence-electron chi connectivity index (χ4n) is 7.81. The molecule has 0 bridgehead atoms. The highest BCUT2D eigenvalue weighted by Crippen LogP contribution is 2.36. The van der Waals surface area contributed by atoms with Crippen LogP contribution in [0.2, 0.25) is 0 Å². The molecule has 2 aliphatic carbocycles. The minimum Gasteiger partial charge on any atom is -0.233 e. The van der Waals surface area contributed by atoms with E-state index in [1.807, 2.05) is 6.07 Å². The summed E-state index contributed by atoms with van der Waals surface area (Å²) in [4.78, 5) is 10.2. The quantitative estimate of drug-likeness (QED) is 0.105. The van der Waals surface area contributed by atoms with Crippen molar-refractivity contribution in [3.63, 3.8) is 0 Å². The smallest absolute Gasteiger partial charge is 0.160 e. The van der Waals surface area contributed by atoms with Crippen LogP contribution in [0.1, 0.15) is 73.4 Å². The van der Waals surface area contributed by atoms with Crippen molar-refractivity contribution in [2.75, 3.05) is 0 Å². The van der Waals surface area contributed by atoms with Crippen LogP contribution in [-0.4, -0.2) is 11.5 Å². The summed E-state index contributed by atoms with van der Waals surface area (Å²) < 4.78 is 0. The van der Waals surface area contributed by atoms with E-state index in [1.54, 1.807) is 0 Å². The largest absolute Gasteiger partial charge is 0.233 e. The van der Waals surface area contributed by atoms with E-state index in [9.17, 15) is 0 Å². The maximum absolute atomic E-state index is 5.12. The molecule has 0 aliphatic heterocycles. The van der Waals surface area contributed by atoms with Gasteiger partial charge in [0.05, 0.1) is 5.70 Å². The van der Waals surface area contributed by atoms with Gasteiger partial charge in [-0.2, -0.15) is 0 Å². The summed E-state index contributed by atoms with van der Waals surface area (Å²) in [6.45, 7) is 11.0. The Bertz CT molecular complexity index is 2520. The zero-order chi connectivity index (χ0) is 38.5. The highest BCUT2D eigenvalue weighted by atomic mass is 14.9. The Balaban J connectivity index is 1.05. The molecule has 2 nitrogen and oxygen atoms in total. The molecule has 0 spiro atoms. The van der Waals surface area contributed by atoms with Crippen molar-refractivity contribution in [1.29, 1.82) is 0 Å². The van der Waals surface area contributed by atoms with Crippen LogP contribution in [0.4, 0.5) is 0 Å². The Hall–Kier alpha value is -6.38. The maximum Gasteiger partial charge on any atom is 0.160 e. The first-order chi connectivity index (χ1) is 27.3. The zero-order valence-electron chi connectivity index (χ0n) is 32.7. The summed E-state index contributed by atoms with van der Waals surface area (Å²) in [6, 6.07) is 52.4. The van der Waals surface area contributed by atoms with Crippen molar-refractivity contribution >= 4 is 23.3 Å². The summed E-state index contributed by atoms with van der Waals surface area (Å²) in [5.74, 6) is 0.655. The van der Waals surface area contributed by atoms with Gasteiger partial charge in [-0.15, -0.1) is 0 Å². The van der Waals surface area contributed by atoms with Crippen LogP contribution in [0.3, 0.4) is 0 Å². The lowest BCUT2D eigenvalue weighted by Crippen LogP contribution is -2.19. The van der Waals surface area contributed by atoms with Gasteiger partial charge in [-0.1, -0.05) is 190 Å². The molecule has 2 aliphatic rings. The second-order valence-corrected chi connectivity index (χ2v) is 15.3. The highest BCUT2D eigenvalue weighted by Gasteiger charge is 2.24. The second-order valence-electron chi connectivity index (χ2n) is 15.3. The molecule has 0 heterocycles. The molecule has 56 heavy (non-hydrogen) atoms. The lowest BCUT2D eigenvalue weighted by molar-refractivity contribution is 0.641. The third kappa shape index (κ3) is 7.88. The van der Waals surface area contributed by atoms with Crippen LogP contribution in [0, 0.1) is 0 Å². The van der Waals surface area contributed by atoms with Crippen LogP contribution in [0.5, 0.6) is 0 Å². The van der Waals surface area contributed by atoms with Crippen molar-refractivity contribution in [1.82, 2.24) is 0 Å². The van der Waals surface area contributed by atoms with E-state index in [0.29, 0.717) is 11.5 Å². The topological polar surface area (TPSA) is 24.7 Å². The molecule has 0 aromatic heterocycles. The second kappa shape index (κ2) is 16.2. The van der Waals surface area contributed by atoms with E-state index in [-0.39, 0.29) is 5.41 Å². The molecule has 6 aromatic rings. The van der Waals surface area contributed by atoms with Crippen molar-refractivity contribution in [3.05, 3.63) is 215 Å². The van der Waals surface area contributed by atoms with E-state index in [2.05, 4.69) is 197 Å². The number of amidine groups is 1. The summed E-state index contributed by atoms with van der Waals surface area (Å²) in [7, 11) is 0. The Morgan fingerprint density at radius 3 is 1.89 bits per heavy atom. The van der Waals surface area contributed by atoms with E-state index in [1.165, 1.54) is 50.1 Å². The van der Waals surface area contributed by atoms with Gasteiger partial charge in [-0.05, 0) is 105 Å². The normalized spacial score (nSPS) is 14.3. The number of aliphatic imine (C=N–C) groups is 2. The summed E-state index contributed by atoms with van der Waals surface area (Å²) in [5.41, 5.74) is 17.1. The number of allylic oxidation sites excluding steroid dienone is 5. The third-order valence-electron chi connectivity index (χ3n) is 11.3. The standard InChI is InChI=1S/C54H48N2/c1-38(40-15-7-5-8-16-40)55-53(56-39(2)41-25-27-43(28-26-41)42-17-9-6-10-18-42)46-31-35-50(36-32-46)54(3,4)49-33-29-44(30-34-49)47-21-13-22-48(37-47)52-24-14-20-45-19-11-12-23-51(45)52/h6-7,9-10,12-18,20-37H,2,5,8,11,19H2,1,3-4H3/b55-38+,56-53-. The van der Waals surface area contributed by atoms with Gasteiger partial charge in [-0.3, -0.25) is 0 Å². The minimum atomic E-state index is -0.216. The van der Waals surface area contributed by atoms with Gasteiger partial charge < -0.3 is 0 Å². The average Bonchev–Trinajstić information content (AvgIpc) is 3.26. The number of aryl methyl sites for hydroxylation is 1. The van der Waals surface area contributed by atoms with Crippen molar-refractivity contribution in [3.8, 4) is 33.4 Å². The number of fused-ring (bicyclic) bond motifs is 1. The molecule has 0 unspecified atom stereocenters. The molecular formula is C54H48N2. The Morgan fingerprint density at radius 1 is 0.554 bits per heavy atom. The van der Waals surface area contributed by atoms with E-state index < -0.39 is 0 Å². The average molecular weight is 725 g/mol. The van der Waals surface area contributed by atoms with Crippen molar-refractivity contribution < 1.29 is 0 Å². The van der Waals surface area contributed by atoms with Crippen molar-refractivity contribution in [2.45, 2.75) is 51.9 Å². The highest BCUT2D eigenvalue weighted by molar-refractivity contribution is 6.13. The van der Waals surface area contributed by atoms with Gasteiger partial charge in [0.25, 0.3) is 0 Å². The molecule has 0 radical (unpaired) electrons. The van der Waals surface area contributed by atoms with Crippen LogP contribution in [0.25, 0.3) is 45.2 Å². The fraction of sp³-hybridized carbons (Fsp3) is 0.148. The minimum absolute atomic E-state index is 0.216. The maximum atomic E-state index is 5.12. The van der Waals surface area contributed by atoms with Gasteiger partial charge in [0.15, 0.2) is 5.84 Å². The SMILES string of the molecule is C=C(/N=C(\N=C(/C)C1=CCCC=C1)c1ccc(C(C)(C)c2ccc(-c3cccc(-c4cccc5c4C=CCC5)c3)cc2)cc1)c1ccc(-c2ccccc2)cc1. The van der Waals surface area contributed by atoms with Crippen LogP contribution >= 0.6 is 0 Å². The van der Waals surface area contributed by atoms with Gasteiger partial charge in [-0.25, -0.2) is 9.98 Å². The number of hydrogen-bond donors (Lipinski definition) is 0. The van der Waals surface area contributed by atoms with Crippen LogP contribution in [0.15, 0.2) is 192 Å². The lowest BCUT2D eigenvalue weighted by Gasteiger charge is -2.26. The first-order valence-corrected chi connectivity index (χ1v) is 19.8. The number of nitrogens with zero attached hydrogens (tertiary/aromatic N) is 2. The molecule has 6 aromatic carbocycles. The van der Waals surface area contributed by atoms with E-state index in [0.717, 1.165) is 53.7 Å². The monoisotopic (exact) mass is 724 g/mol. The summed E-state index contributed by atoms with van der Waals surface area (Å²) >= 11 is 0. The first kappa shape index (κ1) is 36.6. The van der Waals surface area contributed by atoms with Crippen LogP contribution in [-0.2, 0) is 11.8 Å².